The minimum atomic E-state index is -0.284. The van der Waals surface area contributed by atoms with Gasteiger partial charge in [0.15, 0.2) is 0 Å². The van der Waals surface area contributed by atoms with Crippen molar-refractivity contribution in [3.63, 3.8) is 0 Å². The van der Waals surface area contributed by atoms with Crippen molar-refractivity contribution < 1.29 is 9.18 Å². The molecule has 0 atom stereocenters. The van der Waals surface area contributed by atoms with Gasteiger partial charge in [0.05, 0.1) is 6.20 Å². The predicted octanol–water partition coefficient (Wildman–Crippen LogP) is 3.26. The molecule has 0 saturated heterocycles. The molecule has 0 aliphatic heterocycles. The number of aromatic nitrogens is 2. The maximum atomic E-state index is 13.3. The second-order valence-electron chi connectivity index (χ2n) is 5.05. The van der Waals surface area contributed by atoms with Gasteiger partial charge in [-0.1, -0.05) is 16.6 Å². The van der Waals surface area contributed by atoms with Gasteiger partial charge in [-0.25, -0.2) is 9.18 Å². The van der Waals surface area contributed by atoms with Crippen LogP contribution < -0.4 is 5.32 Å². The van der Waals surface area contributed by atoms with Crippen molar-refractivity contribution in [2.45, 2.75) is 31.8 Å². The smallest absolute Gasteiger partial charge is 0.317 e. The molecular weight excluding hydrogens is 291 g/mol. The quantitative estimate of drug-likeness (QED) is 0.943. The first kappa shape index (κ1) is 13.9. The molecule has 21 heavy (non-hydrogen) atoms. The third-order valence-electron chi connectivity index (χ3n) is 3.61. The lowest BCUT2D eigenvalue weighted by Gasteiger charge is -2.37. The summed E-state index contributed by atoms with van der Waals surface area (Å²) >= 11 is 1.14. The summed E-state index contributed by atoms with van der Waals surface area (Å²) in [4.78, 5) is 14.2. The highest BCUT2D eigenvalue weighted by Crippen LogP contribution is 2.27. The van der Waals surface area contributed by atoms with E-state index in [4.69, 9.17) is 0 Å². The number of rotatable bonds is 4. The van der Waals surface area contributed by atoms with Crippen molar-refractivity contribution in [3.05, 3.63) is 41.8 Å². The fourth-order valence-corrected chi connectivity index (χ4v) is 2.71. The number of anilines is 1. The first-order valence-corrected chi connectivity index (χ1v) is 7.59. The fourth-order valence-electron chi connectivity index (χ4n) is 2.30. The highest BCUT2D eigenvalue weighted by Gasteiger charge is 2.29. The lowest BCUT2D eigenvalue weighted by Crippen LogP contribution is -2.45. The van der Waals surface area contributed by atoms with E-state index in [-0.39, 0.29) is 17.9 Å². The molecule has 0 spiro atoms. The molecule has 1 saturated carbocycles. The van der Waals surface area contributed by atoms with E-state index >= 15 is 0 Å². The van der Waals surface area contributed by atoms with Gasteiger partial charge in [-0.05, 0) is 37.0 Å². The van der Waals surface area contributed by atoms with Crippen molar-refractivity contribution in [1.29, 1.82) is 0 Å². The van der Waals surface area contributed by atoms with E-state index in [2.05, 4.69) is 14.9 Å². The van der Waals surface area contributed by atoms with E-state index in [9.17, 15) is 9.18 Å². The zero-order chi connectivity index (χ0) is 14.7. The Morgan fingerprint density at radius 1 is 1.48 bits per heavy atom. The largest absolute Gasteiger partial charge is 0.323 e. The Kier molecular flexibility index (Phi) is 4.10. The summed E-state index contributed by atoms with van der Waals surface area (Å²) in [5.41, 5.74) is 0.791. The van der Waals surface area contributed by atoms with Crippen molar-refractivity contribution in [1.82, 2.24) is 14.5 Å². The number of nitrogens with one attached hydrogen (secondary N) is 1. The summed E-state index contributed by atoms with van der Waals surface area (Å²) in [6, 6.07) is 6.39. The minimum Gasteiger partial charge on any atom is -0.317 e. The first-order valence-electron chi connectivity index (χ1n) is 6.82. The molecule has 1 heterocycles. The predicted molar refractivity (Wildman–Crippen MR) is 78.5 cm³/mol. The van der Waals surface area contributed by atoms with Crippen LogP contribution >= 0.6 is 11.5 Å². The molecule has 0 unspecified atom stereocenters. The molecule has 1 aromatic heterocycles. The number of carbonyl (C=O) groups is 1. The summed E-state index contributed by atoms with van der Waals surface area (Å²) in [6.07, 6.45) is 4.62. The maximum Gasteiger partial charge on any atom is 0.323 e. The van der Waals surface area contributed by atoms with E-state index < -0.39 is 0 Å². The average Bonchev–Trinajstić information content (AvgIpc) is 2.89. The molecule has 110 valence electrons. The van der Waals surface area contributed by atoms with E-state index in [1.165, 1.54) is 18.3 Å². The van der Waals surface area contributed by atoms with Crippen LogP contribution in [0.4, 0.5) is 14.2 Å². The summed E-state index contributed by atoms with van der Waals surface area (Å²) in [5, 5.41) is 7.10. The molecule has 2 aromatic rings. The Labute approximate surface area is 125 Å². The Morgan fingerprint density at radius 3 is 2.95 bits per heavy atom. The number of carbonyl (C=O) groups excluding carboxylic acids is 1. The second kappa shape index (κ2) is 6.17. The van der Waals surface area contributed by atoms with Crippen molar-refractivity contribution in [2.75, 3.05) is 5.32 Å². The number of hydrogen-bond acceptors (Lipinski definition) is 4. The van der Waals surface area contributed by atoms with Crippen LogP contribution in [-0.2, 0) is 6.54 Å². The summed E-state index contributed by atoms with van der Waals surface area (Å²) < 4.78 is 17.0. The summed E-state index contributed by atoms with van der Waals surface area (Å²) in [6.45, 7) is 0.403. The standard InChI is InChI=1S/C14H15FN4OS/c15-11-4-1-3-10(7-11)9-19(12-5-2-6-12)14(20)17-13-8-16-18-21-13/h1,3-4,7-8,12H,2,5-6,9H2,(H,17,20). The van der Waals surface area contributed by atoms with Crippen LogP contribution in [0.2, 0.25) is 0 Å². The normalized spacial score (nSPS) is 14.5. The monoisotopic (exact) mass is 306 g/mol. The van der Waals surface area contributed by atoms with Crippen molar-refractivity contribution in [2.24, 2.45) is 0 Å². The van der Waals surface area contributed by atoms with Gasteiger partial charge >= 0.3 is 6.03 Å². The molecule has 1 N–H and O–H groups in total. The van der Waals surface area contributed by atoms with Crippen LogP contribution in [0.5, 0.6) is 0 Å². The highest BCUT2D eigenvalue weighted by molar-refractivity contribution is 7.10. The molecule has 7 heteroatoms. The lowest BCUT2D eigenvalue weighted by molar-refractivity contribution is 0.143. The van der Waals surface area contributed by atoms with Crippen molar-refractivity contribution in [3.8, 4) is 0 Å². The number of urea groups is 1. The zero-order valence-electron chi connectivity index (χ0n) is 11.3. The van der Waals surface area contributed by atoms with E-state index in [0.717, 1.165) is 36.4 Å². The fraction of sp³-hybridized carbons (Fsp3) is 0.357. The van der Waals surface area contributed by atoms with Crippen LogP contribution in [0.15, 0.2) is 30.5 Å². The van der Waals surface area contributed by atoms with E-state index in [1.807, 2.05) is 6.07 Å². The lowest BCUT2D eigenvalue weighted by atomic mass is 9.91. The molecule has 1 fully saturated rings. The Bertz CT molecular complexity index is 615. The number of nitrogens with zero attached hydrogens (tertiary/aromatic N) is 3. The molecule has 1 aliphatic carbocycles. The second-order valence-corrected chi connectivity index (χ2v) is 5.84. The van der Waals surface area contributed by atoms with Gasteiger partial charge in [0.2, 0.25) is 0 Å². The molecule has 1 aliphatic rings. The zero-order valence-corrected chi connectivity index (χ0v) is 12.1. The molecule has 1 aromatic carbocycles. The van der Waals surface area contributed by atoms with Crippen LogP contribution in [0.3, 0.4) is 0 Å². The number of halogens is 1. The summed E-state index contributed by atoms with van der Waals surface area (Å²) in [5.74, 6) is -0.284. The van der Waals surface area contributed by atoms with Gasteiger partial charge in [0, 0.05) is 24.1 Å². The van der Waals surface area contributed by atoms with Gasteiger partial charge in [-0.3, -0.25) is 5.32 Å². The third-order valence-corrected chi connectivity index (χ3v) is 4.19. The molecule has 3 rings (SSSR count). The van der Waals surface area contributed by atoms with Gasteiger partial charge in [0.25, 0.3) is 0 Å². The van der Waals surface area contributed by atoms with Crippen LogP contribution in [0.25, 0.3) is 0 Å². The third kappa shape index (κ3) is 3.36. The minimum absolute atomic E-state index is 0.185. The van der Waals surface area contributed by atoms with Gasteiger partial charge < -0.3 is 4.90 Å². The molecule has 0 bridgehead atoms. The highest BCUT2D eigenvalue weighted by atomic mass is 32.1. The SMILES string of the molecule is O=C(Nc1cnns1)N(Cc1cccc(F)c1)C1CCC1. The van der Waals surface area contributed by atoms with Crippen LogP contribution in [-0.4, -0.2) is 26.6 Å². The first-order chi connectivity index (χ1) is 10.2. The molecule has 5 nitrogen and oxygen atoms in total. The van der Waals surface area contributed by atoms with E-state index in [1.54, 1.807) is 11.0 Å². The molecule has 2 amide bonds. The van der Waals surface area contributed by atoms with Crippen LogP contribution in [0.1, 0.15) is 24.8 Å². The number of hydrogen-bond donors (Lipinski definition) is 1. The van der Waals surface area contributed by atoms with Crippen molar-refractivity contribution >= 4 is 22.6 Å². The van der Waals surface area contributed by atoms with Crippen LogP contribution in [0, 0.1) is 5.82 Å². The van der Waals surface area contributed by atoms with Gasteiger partial charge in [-0.15, -0.1) is 5.10 Å². The van der Waals surface area contributed by atoms with Gasteiger partial charge in [0.1, 0.15) is 10.8 Å². The summed E-state index contributed by atoms with van der Waals surface area (Å²) in [7, 11) is 0. The number of amides is 2. The Hall–Kier alpha value is -2.02. The Balaban J connectivity index is 1.72. The molecule has 0 radical (unpaired) electrons. The van der Waals surface area contributed by atoms with E-state index in [0.29, 0.717) is 11.5 Å². The maximum absolute atomic E-state index is 13.3. The average molecular weight is 306 g/mol. The molecular formula is C14H15FN4OS. The topological polar surface area (TPSA) is 58.1 Å². The number of benzene rings is 1. The van der Waals surface area contributed by atoms with Gasteiger partial charge in [-0.2, -0.15) is 0 Å². The Morgan fingerprint density at radius 2 is 2.33 bits per heavy atom.